The Kier molecular flexibility index (Phi) is 3.50. The molecular weight excluding hydrogens is 322 g/mol. The van der Waals surface area contributed by atoms with Crippen LogP contribution in [0, 0.1) is 6.92 Å². The number of anilines is 1. The van der Waals surface area contributed by atoms with E-state index in [0.29, 0.717) is 0 Å². The second-order valence-electron chi connectivity index (χ2n) is 4.53. The average molecular weight is 336 g/mol. The first-order chi connectivity index (χ1) is 9.19. The Morgan fingerprint density at radius 1 is 1.26 bits per heavy atom. The molecule has 0 spiro atoms. The summed E-state index contributed by atoms with van der Waals surface area (Å²) in [6, 6.07) is 6.24. The molecule has 0 saturated heterocycles. The summed E-state index contributed by atoms with van der Waals surface area (Å²) in [6.07, 6.45) is 0. The number of nitrogens with zero attached hydrogens (tertiary/aromatic N) is 2. The zero-order chi connectivity index (χ0) is 13.4. The Morgan fingerprint density at radius 2 is 2.11 bits per heavy atom. The van der Waals surface area contributed by atoms with Gasteiger partial charge in [0.05, 0.1) is 5.69 Å². The Morgan fingerprint density at radius 3 is 2.84 bits per heavy atom. The maximum Gasteiger partial charge on any atom is 0.161 e. The summed E-state index contributed by atoms with van der Waals surface area (Å²) in [5.41, 5.74) is 4.68. The van der Waals surface area contributed by atoms with Crippen molar-refractivity contribution in [2.75, 3.05) is 12.4 Å². The van der Waals surface area contributed by atoms with E-state index in [1.807, 2.05) is 18.8 Å². The number of hydrogen-bond acceptors (Lipinski definition) is 4. The molecule has 0 unspecified atom stereocenters. The molecule has 98 valence electrons. The molecule has 0 bridgehead atoms. The lowest BCUT2D eigenvalue weighted by Crippen LogP contribution is -2.03. The first kappa shape index (κ1) is 12.9. The minimum Gasteiger partial charge on any atom is -0.373 e. The van der Waals surface area contributed by atoms with Gasteiger partial charge in [-0.1, -0.05) is 28.1 Å². The van der Waals surface area contributed by atoms with Crippen molar-refractivity contribution in [3.8, 4) is 11.4 Å². The first-order valence-corrected chi connectivity index (χ1v) is 8.05. The van der Waals surface area contributed by atoms with Crippen LogP contribution < -0.4 is 5.32 Å². The monoisotopic (exact) mass is 335 g/mol. The number of benzene rings is 1. The maximum atomic E-state index is 4.71. The fourth-order valence-corrected chi connectivity index (χ4v) is 3.54. The van der Waals surface area contributed by atoms with Gasteiger partial charge >= 0.3 is 0 Å². The van der Waals surface area contributed by atoms with Crippen LogP contribution in [0.25, 0.3) is 11.4 Å². The number of fused-ring (bicyclic) bond motifs is 1. The smallest absolute Gasteiger partial charge is 0.161 e. The van der Waals surface area contributed by atoms with E-state index in [4.69, 9.17) is 4.98 Å². The highest BCUT2D eigenvalue weighted by molar-refractivity contribution is 9.10. The second-order valence-corrected chi connectivity index (χ2v) is 6.37. The number of nitrogens with one attached hydrogen (secondary N) is 1. The fourth-order valence-electron chi connectivity index (χ4n) is 2.12. The number of rotatable bonds is 2. The Hall–Kier alpha value is -1.07. The van der Waals surface area contributed by atoms with Crippen LogP contribution in [-0.4, -0.2) is 17.0 Å². The minimum atomic E-state index is 0.798. The molecule has 1 aromatic heterocycles. The van der Waals surface area contributed by atoms with Crippen molar-refractivity contribution >= 4 is 33.5 Å². The third kappa shape index (κ3) is 2.37. The summed E-state index contributed by atoms with van der Waals surface area (Å²) < 4.78 is 1.09. The summed E-state index contributed by atoms with van der Waals surface area (Å²) in [6.45, 7) is 2.08. The van der Waals surface area contributed by atoms with E-state index in [1.54, 1.807) is 0 Å². The van der Waals surface area contributed by atoms with Crippen LogP contribution in [0.2, 0.25) is 0 Å². The first-order valence-electron chi connectivity index (χ1n) is 6.11. The summed E-state index contributed by atoms with van der Waals surface area (Å²) in [5.74, 6) is 3.74. The predicted molar refractivity (Wildman–Crippen MR) is 84.5 cm³/mol. The average Bonchev–Trinajstić information content (AvgIpc) is 2.89. The normalized spacial score (nSPS) is 13.4. The molecular formula is C14H14BrN3S. The van der Waals surface area contributed by atoms with Gasteiger partial charge in [-0.05, 0) is 18.6 Å². The van der Waals surface area contributed by atoms with Crippen LogP contribution in [0.1, 0.15) is 16.8 Å². The number of aromatic nitrogens is 2. The van der Waals surface area contributed by atoms with Crippen LogP contribution >= 0.6 is 27.7 Å². The molecule has 0 fully saturated rings. The molecule has 0 amide bonds. The molecule has 0 radical (unpaired) electrons. The Bertz CT molecular complexity index is 643. The highest BCUT2D eigenvalue weighted by Crippen LogP contribution is 2.34. The van der Waals surface area contributed by atoms with Gasteiger partial charge in [-0.25, -0.2) is 9.97 Å². The molecule has 0 aliphatic carbocycles. The van der Waals surface area contributed by atoms with Gasteiger partial charge in [0.2, 0.25) is 0 Å². The van der Waals surface area contributed by atoms with E-state index >= 15 is 0 Å². The molecule has 5 heteroatoms. The largest absolute Gasteiger partial charge is 0.373 e. The molecule has 19 heavy (non-hydrogen) atoms. The van der Waals surface area contributed by atoms with Gasteiger partial charge in [0.15, 0.2) is 5.82 Å². The highest BCUT2D eigenvalue weighted by atomic mass is 79.9. The van der Waals surface area contributed by atoms with Crippen LogP contribution in [0.15, 0.2) is 22.7 Å². The summed E-state index contributed by atoms with van der Waals surface area (Å²) >= 11 is 5.46. The third-order valence-electron chi connectivity index (χ3n) is 3.24. The molecule has 3 rings (SSSR count). The van der Waals surface area contributed by atoms with Crippen LogP contribution in [0.5, 0.6) is 0 Å². The van der Waals surface area contributed by atoms with E-state index < -0.39 is 0 Å². The summed E-state index contributed by atoms with van der Waals surface area (Å²) in [7, 11) is 1.92. The second kappa shape index (κ2) is 5.13. The van der Waals surface area contributed by atoms with E-state index in [2.05, 4.69) is 51.4 Å². The fraction of sp³-hybridized carbons (Fsp3) is 0.286. The lowest BCUT2D eigenvalue weighted by Gasteiger charge is -2.09. The standard InChI is InChI=1S/C14H14BrN3S/c1-8-3-4-9(5-11(8)15)13-17-12-7-19-6-10(12)14(16-2)18-13/h3-5H,6-7H2,1-2H3,(H,16,17,18). The van der Waals surface area contributed by atoms with Crippen molar-refractivity contribution in [2.45, 2.75) is 18.4 Å². The van der Waals surface area contributed by atoms with Crippen LogP contribution in [0.3, 0.4) is 0 Å². The molecule has 1 aliphatic heterocycles. The minimum absolute atomic E-state index is 0.798. The van der Waals surface area contributed by atoms with Gasteiger partial charge in [0.25, 0.3) is 0 Å². The highest BCUT2D eigenvalue weighted by Gasteiger charge is 2.19. The van der Waals surface area contributed by atoms with Gasteiger partial charge in [-0.3, -0.25) is 0 Å². The topological polar surface area (TPSA) is 37.8 Å². The zero-order valence-electron chi connectivity index (χ0n) is 10.8. The lowest BCUT2D eigenvalue weighted by molar-refractivity contribution is 1.07. The van der Waals surface area contributed by atoms with Crippen molar-refractivity contribution < 1.29 is 0 Å². The molecule has 1 aromatic carbocycles. The number of hydrogen-bond donors (Lipinski definition) is 1. The number of thioether (sulfide) groups is 1. The number of aryl methyl sites for hydroxylation is 1. The Balaban J connectivity index is 2.12. The van der Waals surface area contributed by atoms with E-state index in [-0.39, 0.29) is 0 Å². The van der Waals surface area contributed by atoms with E-state index in [9.17, 15) is 0 Å². The summed E-state index contributed by atoms with van der Waals surface area (Å²) in [4.78, 5) is 9.36. The maximum absolute atomic E-state index is 4.71. The van der Waals surface area contributed by atoms with Gasteiger partial charge in [0.1, 0.15) is 5.82 Å². The van der Waals surface area contributed by atoms with Crippen molar-refractivity contribution in [3.05, 3.63) is 39.5 Å². The Labute approximate surface area is 125 Å². The van der Waals surface area contributed by atoms with Crippen LogP contribution in [-0.2, 0) is 11.5 Å². The van der Waals surface area contributed by atoms with E-state index in [0.717, 1.165) is 38.9 Å². The van der Waals surface area contributed by atoms with Gasteiger partial charge < -0.3 is 5.32 Å². The van der Waals surface area contributed by atoms with E-state index in [1.165, 1.54) is 11.1 Å². The van der Waals surface area contributed by atoms with Gasteiger partial charge in [-0.2, -0.15) is 11.8 Å². The predicted octanol–water partition coefficient (Wildman–Crippen LogP) is 4.00. The molecule has 1 N–H and O–H groups in total. The summed E-state index contributed by atoms with van der Waals surface area (Å²) in [5, 5.41) is 3.19. The lowest BCUT2D eigenvalue weighted by atomic mass is 10.1. The van der Waals surface area contributed by atoms with Crippen molar-refractivity contribution in [1.29, 1.82) is 0 Å². The van der Waals surface area contributed by atoms with Crippen LogP contribution in [0.4, 0.5) is 5.82 Å². The molecule has 3 nitrogen and oxygen atoms in total. The molecule has 0 saturated carbocycles. The van der Waals surface area contributed by atoms with Crippen molar-refractivity contribution in [2.24, 2.45) is 0 Å². The molecule has 1 aliphatic rings. The molecule has 0 atom stereocenters. The molecule has 2 aromatic rings. The van der Waals surface area contributed by atoms with Gasteiger partial charge in [0, 0.05) is 34.2 Å². The van der Waals surface area contributed by atoms with Gasteiger partial charge in [-0.15, -0.1) is 0 Å². The SMILES string of the molecule is CNc1nc(-c2ccc(C)c(Br)c2)nc2c1CSC2. The zero-order valence-corrected chi connectivity index (χ0v) is 13.2. The molecule has 2 heterocycles. The quantitative estimate of drug-likeness (QED) is 0.899. The van der Waals surface area contributed by atoms with Crippen molar-refractivity contribution in [1.82, 2.24) is 9.97 Å². The number of halogens is 1. The third-order valence-corrected chi connectivity index (χ3v) is 5.07. The van der Waals surface area contributed by atoms with Crippen molar-refractivity contribution in [3.63, 3.8) is 0 Å².